The van der Waals surface area contributed by atoms with Crippen LogP contribution in [0.5, 0.6) is 0 Å². The van der Waals surface area contributed by atoms with E-state index in [9.17, 15) is 4.79 Å². The lowest BCUT2D eigenvalue weighted by Crippen LogP contribution is -2.13. The number of benzene rings is 2. The lowest BCUT2D eigenvalue weighted by molar-refractivity contribution is -0.142. The van der Waals surface area contributed by atoms with Gasteiger partial charge >= 0.3 is 5.97 Å². The number of carbonyl (C=O) groups excluding carboxylic acids is 1. The summed E-state index contributed by atoms with van der Waals surface area (Å²) < 4.78 is 4.83. The number of nitrogens with one attached hydrogen (secondary N) is 1. The van der Waals surface area contributed by atoms with E-state index in [0.29, 0.717) is 0 Å². The zero-order valence-corrected chi connectivity index (χ0v) is 12.7. The fourth-order valence-corrected chi connectivity index (χ4v) is 2.41. The van der Waals surface area contributed by atoms with Crippen LogP contribution in [0.3, 0.4) is 0 Å². The Morgan fingerprint density at radius 3 is 2.52 bits per heavy atom. The van der Waals surface area contributed by atoms with E-state index in [2.05, 4.69) is 17.4 Å². The van der Waals surface area contributed by atoms with Gasteiger partial charge in [0.1, 0.15) is 0 Å². The highest BCUT2D eigenvalue weighted by Gasteiger charge is 2.18. The number of ether oxygens (including phenoxy) is 1. The first kappa shape index (κ1) is 15.1. The summed E-state index contributed by atoms with van der Waals surface area (Å²) in [4.78, 5) is 11.7. The molecule has 2 aromatic rings. The van der Waals surface area contributed by atoms with Crippen molar-refractivity contribution in [2.75, 3.05) is 12.4 Å². The van der Waals surface area contributed by atoms with Gasteiger partial charge < -0.3 is 10.1 Å². The molecule has 0 amide bonds. The highest BCUT2D eigenvalue weighted by atomic mass is 16.5. The largest absolute Gasteiger partial charge is 0.469 e. The van der Waals surface area contributed by atoms with Crippen LogP contribution in [0, 0.1) is 6.92 Å². The molecule has 0 fully saturated rings. The van der Waals surface area contributed by atoms with Crippen molar-refractivity contribution in [3.63, 3.8) is 0 Å². The average molecular weight is 283 g/mol. The van der Waals surface area contributed by atoms with E-state index < -0.39 is 0 Å². The molecule has 3 nitrogen and oxygen atoms in total. The van der Waals surface area contributed by atoms with Gasteiger partial charge in [0, 0.05) is 12.2 Å². The predicted molar refractivity (Wildman–Crippen MR) is 85.4 cm³/mol. The second kappa shape index (κ2) is 6.93. The molecule has 110 valence electrons. The van der Waals surface area contributed by atoms with E-state index >= 15 is 0 Å². The topological polar surface area (TPSA) is 38.3 Å². The molecule has 0 spiro atoms. The number of hydrogen-bond acceptors (Lipinski definition) is 3. The Labute approximate surface area is 126 Å². The molecule has 0 aliphatic carbocycles. The predicted octanol–water partition coefficient (Wildman–Crippen LogP) is 3.88. The van der Waals surface area contributed by atoms with Crippen molar-refractivity contribution >= 4 is 11.7 Å². The molecule has 0 aromatic heterocycles. The second-order valence-corrected chi connectivity index (χ2v) is 5.10. The number of esters is 1. The number of anilines is 1. The summed E-state index contributed by atoms with van der Waals surface area (Å²) in [7, 11) is 1.42. The first-order chi connectivity index (χ1) is 10.1. The SMILES string of the molecule is COC(=O)C(C)c1cccc(NCc2ccccc2)c1C. The second-order valence-electron chi connectivity index (χ2n) is 5.10. The van der Waals surface area contributed by atoms with Crippen LogP contribution < -0.4 is 5.32 Å². The molecule has 0 aliphatic rings. The Morgan fingerprint density at radius 2 is 1.86 bits per heavy atom. The van der Waals surface area contributed by atoms with E-state index in [1.807, 2.05) is 50.2 Å². The lowest BCUT2D eigenvalue weighted by atomic mass is 9.95. The molecule has 21 heavy (non-hydrogen) atoms. The molecular formula is C18H21NO2. The number of carbonyl (C=O) groups is 1. The molecule has 0 saturated heterocycles. The van der Waals surface area contributed by atoms with Gasteiger partial charge in [-0.3, -0.25) is 4.79 Å². The quantitative estimate of drug-likeness (QED) is 0.846. The number of rotatable bonds is 5. The minimum atomic E-state index is -0.256. The average Bonchev–Trinajstić information content (AvgIpc) is 2.53. The van der Waals surface area contributed by atoms with Crippen molar-refractivity contribution in [1.82, 2.24) is 0 Å². The monoisotopic (exact) mass is 283 g/mol. The third-order valence-electron chi connectivity index (χ3n) is 3.72. The van der Waals surface area contributed by atoms with Crippen LogP contribution in [0.2, 0.25) is 0 Å². The minimum Gasteiger partial charge on any atom is -0.469 e. The van der Waals surface area contributed by atoms with Crippen molar-refractivity contribution in [3.8, 4) is 0 Å². The third-order valence-corrected chi connectivity index (χ3v) is 3.72. The van der Waals surface area contributed by atoms with Crippen molar-refractivity contribution in [2.45, 2.75) is 26.3 Å². The molecule has 0 saturated carbocycles. The Kier molecular flexibility index (Phi) is 4.99. The summed E-state index contributed by atoms with van der Waals surface area (Å²) in [6.07, 6.45) is 0. The molecule has 1 unspecified atom stereocenters. The van der Waals surface area contributed by atoms with Crippen LogP contribution >= 0.6 is 0 Å². The molecular weight excluding hydrogens is 262 g/mol. The van der Waals surface area contributed by atoms with E-state index in [-0.39, 0.29) is 11.9 Å². The van der Waals surface area contributed by atoms with Gasteiger partial charge in [-0.1, -0.05) is 42.5 Å². The normalized spacial score (nSPS) is 11.8. The molecule has 1 N–H and O–H groups in total. The van der Waals surface area contributed by atoms with Gasteiger partial charge in [-0.25, -0.2) is 0 Å². The fraction of sp³-hybridized carbons (Fsp3) is 0.278. The molecule has 1 atom stereocenters. The first-order valence-corrected chi connectivity index (χ1v) is 7.08. The molecule has 0 heterocycles. The highest BCUT2D eigenvalue weighted by molar-refractivity contribution is 5.79. The molecule has 0 radical (unpaired) electrons. The molecule has 2 rings (SSSR count). The summed E-state index contributed by atoms with van der Waals surface area (Å²) in [5.41, 5.74) is 4.36. The Morgan fingerprint density at radius 1 is 1.14 bits per heavy atom. The van der Waals surface area contributed by atoms with Crippen molar-refractivity contribution in [3.05, 3.63) is 65.2 Å². The number of hydrogen-bond donors (Lipinski definition) is 1. The smallest absolute Gasteiger partial charge is 0.312 e. The Balaban J connectivity index is 2.16. The van der Waals surface area contributed by atoms with Gasteiger partial charge in [-0.15, -0.1) is 0 Å². The van der Waals surface area contributed by atoms with Gasteiger partial charge in [0.2, 0.25) is 0 Å². The highest BCUT2D eigenvalue weighted by Crippen LogP contribution is 2.26. The lowest BCUT2D eigenvalue weighted by Gasteiger charge is -2.17. The summed E-state index contributed by atoms with van der Waals surface area (Å²) >= 11 is 0. The van der Waals surface area contributed by atoms with Gasteiger partial charge in [-0.05, 0) is 36.6 Å². The summed E-state index contributed by atoms with van der Waals surface area (Å²) in [6, 6.07) is 16.2. The van der Waals surface area contributed by atoms with Crippen LogP contribution in [0.25, 0.3) is 0 Å². The Bertz CT molecular complexity index is 608. The van der Waals surface area contributed by atoms with E-state index in [1.165, 1.54) is 12.7 Å². The molecule has 3 heteroatoms. The molecule has 2 aromatic carbocycles. The molecule has 0 bridgehead atoms. The number of methoxy groups -OCH3 is 1. The maximum atomic E-state index is 11.7. The van der Waals surface area contributed by atoms with Crippen LogP contribution in [0.15, 0.2) is 48.5 Å². The van der Waals surface area contributed by atoms with Crippen LogP contribution in [0.4, 0.5) is 5.69 Å². The van der Waals surface area contributed by atoms with Crippen molar-refractivity contribution in [2.24, 2.45) is 0 Å². The van der Waals surface area contributed by atoms with Crippen LogP contribution in [-0.4, -0.2) is 13.1 Å². The van der Waals surface area contributed by atoms with E-state index in [1.54, 1.807) is 0 Å². The maximum Gasteiger partial charge on any atom is 0.312 e. The fourth-order valence-electron chi connectivity index (χ4n) is 2.41. The van der Waals surface area contributed by atoms with Crippen molar-refractivity contribution in [1.29, 1.82) is 0 Å². The third kappa shape index (κ3) is 3.63. The Hall–Kier alpha value is -2.29. The zero-order valence-electron chi connectivity index (χ0n) is 12.7. The standard InChI is InChI=1S/C18H21NO2/c1-13-16(14(2)18(20)21-3)10-7-11-17(13)19-12-15-8-5-4-6-9-15/h4-11,14,19H,12H2,1-3H3. The maximum absolute atomic E-state index is 11.7. The van der Waals surface area contributed by atoms with E-state index in [4.69, 9.17) is 4.74 Å². The van der Waals surface area contributed by atoms with E-state index in [0.717, 1.165) is 23.4 Å². The van der Waals surface area contributed by atoms with Gasteiger partial charge in [-0.2, -0.15) is 0 Å². The summed E-state index contributed by atoms with van der Waals surface area (Å²) in [5.74, 6) is -0.466. The van der Waals surface area contributed by atoms with Crippen LogP contribution in [-0.2, 0) is 16.1 Å². The van der Waals surface area contributed by atoms with Crippen LogP contribution in [0.1, 0.15) is 29.5 Å². The van der Waals surface area contributed by atoms with Gasteiger partial charge in [0.15, 0.2) is 0 Å². The van der Waals surface area contributed by atoms with Gasteiger partial charge in [0.25, 0.3) is 0 Å². The van der Waals surface area contributed by atoms with Gasteiger partial charge in [0.05, 0.1) is 13.0 Å². The summed E-state index contributed by atoms with van der Waals surface area (Å²) in [6.45, 7) is 4.66. The minimum absolute atomic E-state index is 0.210. The molecule has 0 aliphatic heterocycles. The van der Waals surface area contributed by atoms with Crippen molar-refractivity contribution < 1.29 is 9.53 Å². The first-order valence-electron chi connectivity index (χ1n) is 7.08. The summed E-state index contributed by atoms with van der Waals surface area (Å²) in [5, 5.41) is 3.43. The zero-order chi connectivity index (χ0) is 15.2.